The fourth-order valence-electron chi connectivity index (χ4n) is 2.90. The maximum absolute atomic E-state index is 13.3. The maximum Gasteiger partial charge on any atom is 0.191 e. The summed E-state index contributed by atoms with van der Waals surface area (Å²) in [7, 11) is 3.67. The topological polar surface area (TPSA) is 54.2 Å². The minimum Gasteiger partial charge on any atom is -0.356 e. The molecule has 0 unspecified atom stereocenters. The van der Waals surface area contributed by atoms with Gasteiger partial charge in [0.15, 0.2) is 5.96 Å². The molecule has 0 radical (unpaired) electrons. The molecule has 1 aromatic heterocycles. The van der Waals surface area contributed by atoms with E-state index in [2.05, 4.69) is 34.6 Å². The van der Waals surface area contributed by atoms with Crippen LogP contribution < -0.4 is 10.6 Å². The van der Waals surface area contributed by atoms with Gasteiger partial charge in [0.2, 0.25) is 0 Å². The first-order valence-electron chi connectivity index (χ1n) is 8.55. The first-order valence-corrected chi connectivity index (χ1v) is 8.92. The number of nitrogens with one attached hydrogen (secondary N) is 2. The van der Waals surface area contributed by atoms with E-state index in [4.69, 9.17) is 11.6 Å². The van der Waals surface area contributed by atoms with Crippen LogP contribution in [0.5, 0.6) is 0 Å². The van der Waals surface area contributed by atoms with E-state index in [0.29, 0.717) is 24.1 Å². The lowest BCUT2D eigenvalue weighted by atomic mass is 9.84. The Kier molecular flexibility index (Phi) is 8.53. The van der Waals surface area contributed by atoms with E-state index in [9.17, 15) is 4.39 Å². The van der Waals surface area contributed by atoms with Gasteiger partial charge in [0.25, 0.3) is 0 Å². The molecule has 150 valence electrons. The molecule has 0 aliphatic rings. The van der Waals surface area contributed by atoms with E-state index in [1.807, 2.05) is 25.6 Å². The largest absolute Gasteiger partial charge is 0.356 e. The third-order valence-electron chi connectivity index (χ3n) is 4.67. The smallest absolute Gasteiger partial charge is 0.191 e. The third-order valence-corrected chi connectivity index (χ3v) is 4.99. The minimum atomic E-state index is -0.331. The summed E-state index contributed by atoms with van der Waals surface area (Å²) in [5, 5.41) is 11.5. The summed E-state index contributed by atoms with van der Waals surface area (Å²) in [5.74, 6) is 0.362. The lowest BCUT2D eigenvalue weighted by molar-refractivity contribution is 0.507. The summed E-state index contributed by atoms with van der Waals surface area (Å²) in [6.45, 7) is 9.41. The van der Waals surface area contributed by atoms with Crippen LogP contribution in [0.25, 0.3) is 0 Å². The van der Waals surface area contributed by atoms with Crippen molar-refractivity contribution in [3.8, 4) is 0 Å². The number of hydrogen-bond donors (Lipinski definition) is 2. The predicted octanol–water partition coefficient (Wildman–Crippen LogP) is 4.09. The number of aromatic nitrogens is 2. The molecule has 0 saturated carbocycles. The molecule has 2 N–H and O–H groups in total. The summed E-state index contributed by atoms with van der Waals surface area (Å²) in [6.07, 6.45) is 0. The lowest BCUT2D eigenvalue weighted by Gasteiger charge is -2.27. The van der Waals surface area contributed by atoms with Crippen LogP contribution in [0.4, 0.5) is 4.39 Å². The third kappa shape index (κ3) is 5.81. The van der Waals surface area contributed by atoms with Gasteiger partial charge in [0.05, 0.1) is 5.69 Å². The van der Waals surface area contributed by atoms with Gasteiger partial charge in [-0.3, -0.25) is 9.67 Å². The Bertz CT molecular complexity index is 817. The molecule has 0 fully saturated rings. The van der Waals surface area contributed by atoms with Crippen molar-refractivity contribution in [2.24, 2.45) is 12.0 Å². The Balaban J connectivity index is 0.00000364. The fourth-order valence-corrected chi connectivity index (χ4v) is 3.33. The van der Waals surface area contributed by atoms with E-state index >= 15 is 0 Å². The van der Waals surface area contributed by atoms with Gasteiger partial charge < -0.3 is 10.6 Å². The zero-order valence-electron chi connectivity index (χ0n) is 16.7. The summed E-state index contributed by atoms with van der Waals surface area (Å²) < 4.78 is 15.2. The first kappa shape index (κ1) is 23.7. The van der Waals surface area contributed by atoms with Crippen LogP contribution in [0, 0.1) is 19.7 Å². The predicted molar refractivity (Wildman–Crippen MR) is 121 cm³/mol. The van der Waals surface area contributed by atoms with Crippen LogP contribution in [0.3, 0.4) is 0 Å². The Morgan fingerprint density at radius 3 is 2.48 bits per heavy atom. The maximum atomic E-state index is 13.3. The quantitative estimate of drug-likeness (QED) is 0.364. The number of hydrogen-bond acceptors (Lipinski definition) is 2. The molecule has 0 aliphatic heterocycles. The highest BCUT2D eigenvalue weighted by molar-refractivity contribution is 14.0. The van der Waals surface area contributed by atoms with Crippen LogP contribution in [-0.2, 0) is 19.0 Å². The Labute approximate surface area is 182 Å². The average molecular weight is 508 g/mol. The van der Waals surface area contributed by atoms with E-state index in [1.165, 1.54) is 12.1 Å². The van der Waals surface area contributed by atoms with Crippen LogP contribution in [-0.4, -0.2) is 29.3 Å². The van der Waals surface area contributed by atoms with Crippen LogP contribution in [0.1, 0.15) is 36.4 Å². The number of rotatable bonds is 5. The van der Waals surface area contributed by atoms with Crippen LogP contribution >= 0.6 is 35.6 Å². The second kappa shape index (κ2) is 9.73. The van der Waals surface area contributed by atoms with Crippen molar-refractivity contribution < 1.29 is 4.39 Å². The van der Waals surface area contributed by atoms with E-state index < -0.39 is 0 Å². The zero-order valence-corrected chi connectivity index (χ0v) is 19.7. The Hall–Kier alpha value is -1.35. The summed E-state index contributed by atoms with van der Waals surface area (Å²) in [4.78, 5) is 4.28. The van der Waals surface area contributed by atoms with Gasteiger partial charge in [-0.05, 0) is 31.5 Å². The molecule has 27 heavy (non-hydrogen) atoms. The molecule has 1 aromatic carbocycles. The number of aryl methyl sites for hydroxylation is 2. The zero-order chi connectivity index (χ0) is 19.5. The molecule has 0 spiro atoms. The monoisotopic (exact) mass is 507 g/mol. The van der Waals surface area contributed by atoms with Gasteiger partial charge >= 0.3 is 0 Å². The van der Waals surface area contributed by atoms with Crippen molar-refractivity contribution in [3.63, 3.8) is 0 Å². The van der Waals surface area contributed by atoms with Gasteiger partial charge in [-0.2, -0.15) is 5.10 Å². The van der Waals surface area contributed by atoms with Crippen molar-refractivity contribution in [3.05, 3.63) is 51.6 Å². The Morgan fingerprint density at radius 2 is 1.96 bits per heavy atom. The standard InChI is InChI=1S/C19H27ClFN5.HI/c1-12-15(13(2)26(6)25-12)10-23-18(22-5)24-11-19(3,4)16-8-7-14(21)9-17(16)20;/h7-9H,10-11H2,1-6H3,(H2,22,23,24);1H. The SMILES string of the molecule is CN=C(NCc1c(C)nn(C)c1C)NCC(C)(C)c1ccc(F)cc1Cl.I. The first-order chi connectivity index (χ1) is 12.2. The summed E-state index contributed by atoms with van der Waals surface area (Å²) >= 11 is 6.22. The van der Waals surface area contributed by atoms with Gasteiger partial charge in [0.1, 0.15) is 5.82 Å². The van der Waals surface area contributed by atoms with Crippen LogP contribution in [0.2, 0.25) is 5.02 Å². The summed E-state index contributed by atoms with van der Waals surface area (Å²) in [5.41, 5.74) is 3.90. The normalized spacial score (nSPS) is 11.9. The molecule has 0 saturated heterocycles. The second-order valence-electron chi connectivity index (χ2n) is 7.06. The van der Waals surface area contributed by atoms with Gasteiger partial charge in [-0.15, -0.1) is 24.0 Å². The van der Waals surface area contributed by atoms with Gasteiger partial charge in [-0.1, -0.05) is 31.5 Å². The molecular weight excluding hydrogens is 480 g/mol. The molecule has 2 aromatic rings. The molecule has 0 atom stereocenters. The average Bonchev–Trinajstić information content (AvgIpc) is 2.80. The van der Waals surface area contributed by atoms with E-state index in [-0.39, 0.29) is 35.2 Å². The lowest BCUT2D eigenvalue weighted by Crippen LogP contribution is -2.43. The van der Waals surface area contributed by atoms with E-state index in [1.54, 1.807) is 13.1 Å². The highest BCUT2D eigenvalue weighted by Gasteiger charge is 2.24. The van der Waals surface area contributed by atoms with Crippen molar-refractivity contribution in [1.82, 2.24) is 20.4 Å². The van der Waals surface area contributed by atoms with Crippen molar-refractivity contribution in [2.45, 2.75) is 39.7 Å². The number of halogens is 3. The highest BCUT2D eigenvalue weighted by atomic mass is 127. The summed E-state index contributed by atoms with van der Waals surface area (Å²) in [6, 6.07) is 4.52. The van der Waals surface area contributed by atoms with Crippen molar-refractivity contribution in [1.29, 1.82) is 0 Å². The molecule has 0 bridgehead atoms. The van der Waals surface area contributed by atoms with Gasteiger partial charge in [0, 0.05) is 48.9 Å². The Morgan fingerprint density at radius 1 is 1.30 bits per heavy atom. The van der Waals surface area contributed by atoms with Crippen molar-refractivity contribution in [2.75, 3.05) is 13.6 Å². The molecule has 0 aliphatic carbocycles. The highest BCUT2D eigenvalue weighted by Crippen LogP contribution is 2.29. The molecule has 1 heterocycles. The minimum absolute atomic E-state index is 0. The molecule has 5 nitrogen and oxygen atoms in total. The molecular formula is C19H28ClFIN5. The number of nitrogens with zero attached hydrogens (tertiary/aromatic N) is 3. The second-order valence-corrected chi connectivity index (χ2v) is 7.47. The number of guanidine groups is 1. The molecule has 8 heteroatoms. The van der Waals surface area contributed by atoms with Crippen molar-refractivity contribution >= 4 is 41.5 Å². The van der Waals surface area contributed by atoms with E-state index in [0.717, 1.165) is 22.5 Å². The number of benzene rings is 1. The van der Waals surface area contributed by atoms with Crippen LogP contribution in [0.15, 0.2) is 23.2 Å². The molecule has 2 rings (SSSR count). The number of aliphatic imine (C=N–C) groups is 1. The van der Waals surface area contributed by atoms with Gasteiger partial charge in [-0.25, -0.2) is 4.39 Å². The fraction of sp³-hybridized carbons (Fsp3) is 0.474. The molecule has 0 amide bonds.